The zero-order valence-corrected chi connectivity index (χ0v) is 18.3. The minimum absolute atomic E-state index is 0.0299. The average Bonchev–Trinajstić information content (AvgIpc) is 3.10. The summed E-state index contributed by atoms with van der Waals surface area (Å²) in [6.07, 6.45) is 1.40. The van der Waals surface area contributed by atoms with Gasteiger partial charge in [-0.3, -0.25) is 9.69 Å². The topological polar surface area (TPSA) is 83.5 Å². The predicted molar refractivity (Wildman–Crippen MR) is 110 cm³/mol. The van der Waals surface area contributed by atoms with Crippen LogP contribution in [0, 0.1) is 0 Å². The molecule has 0 radical (unpaired) electrons. The van der Waals surface area contributed by atoms with Gasteiger partial charge in [-0.1, -0.05) is 13.8 Å². The van der Waals surface area contributed by atoms with E-state index in [4.69, 9.17) is 0 Å². The van der Waals surface area contributed by atoms with Gasteiger partial charge in [-0.25, -0.2) is 18.4 Å². The third-order valence-electron chi connectivity index (χ3n) is 3.89. The van der Waals surface area contributed by atoms with E-state index in [-0.39, 0.29) is 10.8 Å². The predicted octanol–water partition coefficient (Wildman–Crippen LogP) is 3.23. The van der Waals surface area contributed by atoms with E-state index in [0.717, 1.165) is 10.7 Å². The normalized spacial score (nSPS) is 11.7. The molecule has 148 valence electrons. The van der Waals surface area contributed by atoms with E-state index in [9.17, 15) is 13.2 Å². The minimum Gasteiger partial charge on any atom is -0.289 e. The van der Waals surface area contributed by atoms with Crippen LogP contribution in [0.3, 0.4) is 0 Å². The Kier molecular flexibility index (Phi) is 7.78. The van der Waals surface area contributed by atoms with Crippen molar-refractivity contribution in [3.8, 4) is 0 Å². The van der Waals surface area contributed by atoms with Gasteiger partial charge in [-0.2, -0.15) is 4.31 Å². The molecule has 0 spiro atoms. The second-order valence-electron chi connectivity index (χ2n) is 5.59. The highest BCUT2D eigenvalue weighted by Crippen LogP contribution is 2.26. The van der Waals surface area contributed by atoms with Crippen molar-refractivity contribution < 1.29 is 13.2 Å². The molecule has 27 heavy (non-hydrogen) atoms. The molecular weight excluding hydrogens is 404 g/mol. The number of amides is 1. The van der Waals surface area contributed by atoms with Crippen LogP contribution in [0.15, 0.2) is 33.6 Å². The quantitative estimate of drug-likeness (QED) is 0.570. The molecule has 2 aromatic rings. The third kappa shape index (κ3) is 5.28. The Balaban J connectivity index is 2.04. The molecule has 0 aliphatic carbocycles. The molecule has 0 N–H and O–H groups in total. The van der Waals surface area contributed by atoms with E-state index in [1.807, 2.05) is 26.2 Å². The fourth-order valence-corrected chi connectivity index (χ4v) is 5.62. The second kappa shape index (κ2) is 9.63. The van der Waals surface area contributed by atoms with Gasteiger partial charge < -0.3 is 0 Å². The molecule has 2 rings (SSSR count). The van der Waals surface area contributed by atoms with Crippen molar-refractivity contribution in [1.82, 2.24) is 14.3 Å². The molecule has 1 amide bonds. The number of thiazole rings is 1. The van der Waals surface area contributed by atoms with Gasteiger partial charge in [0.15, 0.2) is 5.13 Å². The van der Waals surface area contributed by atoms with Gasteiger partial charge in [-0.05, 0) is 19.1 Å². The Morgan fingerprint density at radius 3 is 2.41 bits per heavy atom. The SMILES string of the molecule is CCN(C(C)=O)c1nc(CSc2ccc(S(=O)(=O)N(CC)CC)cn2)cs1. The van der Waals surface area contributed by atoms with E-state index in [2.05, 4.69) is 9.97 Å². The van der Waals surface area contributed by atoms with Crippen LogP contribution in [0.25, 0.3) is 0 Å². The second-order valence-corrected chi connectivity index (χ2v) is 9.36. The van der Waals surface area contributed by atoms with Crippen molar-refractivity contribution in [3.05, 3.63) is 29.4 Å². The lowest BCUT2D eigenvalue weighted by molar-refractivity contribution is -0.116. The summed E-state index contributed by atoms with van der Waals surface area (Å²) in [7, 11) is -3.49. The molecule has 0 unspecified atom stereocenters. The van der Waals surface area contributed by atoms with Crippen LogP contribution in [0.5, 0.6) is 0 Å². The van der Waals surface area contributed by atoms with Gasteiger partial charge in [0.1, 0.15) is 4.90 Å². The molecule has 0 saturated carbocycles. The fraction of sp³-hybridized carbons (Fsp3) is 0.471. The number of aromatic nitrogens is 2. The molecular formula is C17H24N4O3S3. The van der Waals surface area contributed by atoms with Gasteiger partial charge >= 0.3 is 0 Å². The van der Waals surface area contributed by atoms with E-state index in [1.54, 1.807) is 17.0 Å². The first kappa shape index (κ1) is 21.8. The smallest absolute Gasteiger partial charge is 0.244 e. The van der Waals surface area contributed by atoms with Crippen LogP contribution in [-0.4, -0.2) is 48.2 Å². The summed E-state index contributed by atoms with van der Waals surface area (Å²) in [5.41, 5.74) is 0.862. The van der Waals surface area contributed by atoms with Crippen LogP contribution in [0.2, 0.25) is 0 Å². The van der Waals surface area contributed by atoms with E-state index in [1.165, 1.54) is 40.5 Å². The maximum atomic E-state index is 12.5. The molecule has 2 heterocycles. The lowest BCUT2D eigenvalue weighted by Crippen LogP contribution is -2.30. The molecule has 0 aromatic carbocycles. The maximum Gasteiger partial charge on any atom is 0.244 e. The maximum absolute atomic E-state index is 12.5. The highest BCUT2D eigenvalue weighted by molar-refractivity contribution is 7.98. The largest absolute Gasteiger partial charge is 0.289 e. The van der Waals surface area contributed by atoms with Gasteiger partial charge in [0, 0.05) is 43.9 Å². The summed E-state index contributed by atoms with van der Waals surface area (Å²) in [5, 5.41) is 3.34. The van der Waals surface area contributed by atoms with Crippen molar-refractivity contribution >= 4 is 44.2 Å². The molecule has 0 atom stereocenters. The summed E-state index contributed by atoms with van der Waals surface area (Å²) in [6, 6.07) is 3.30. The highest BCUT2D eigenvalue weighted by Gasteiger charge is 2.21. The molecule has 0 bridgehead atoms. The molecule has 10 heteroatoms. The van der Waals surface area contributed by atoms with Crippen molar-refractivity contribution in [1.29, 1.82) is 0 Å². The van der Waals surface area contributed by atoms with Crippen molar-refractivity contribution in [3.63, 3.8) is 0 Å². The molecule has 0 aliphatic heterocycles. The number of pyridine rings is 1. The van der Waals surface area contributed by atoms with Crippen LogP contribution in [0.4, 0.5) is 5.13 Å². The first-order valence-corrected chi connectivity index (χ1v) is 11.9. The summed E-state index contributed by atoms with van der Waals surface area (Å²) in [5.74, 6) is 0.568. The van der Waals surface area contributed by atoms with E-state index in [0.29, 0.717) is 30.5 Å². The Morgan fingerprint density at radius 2 is 1.89 bits per heavy atom. The molecule has 2 aromatic heterocycles. The number of anilines is 1. The number of carbonyl (C=O) groups is 1. The standard InChI is InChI=1S/C17H24N4O3S3/c1-5-20(6-2)27(23,24)15-8-9-16(18-10-15)25-11-14-12-26-17(19-14)21(7-3)13(4)22/h8-10,12H,5-7,11H2,1-4H3. The average molecular weight is 429 g/mol. The summed E-state index contributed by atoms with van der Waals surface area (Å²) < 4.78 is 26.4. The van der Waals surface area contributed by atoms with Crippen LogP contribution >= 0.6 is 23.1 Å². The zero-order chi connectivity index (χ0) is 20.0. The van der Waals surface area contributed by atoms with Crippen LogP contribution in [-0.2, 0) is 20.6 Å². The van der Waals surface area contributed by atoms with Gasteiger partial charge in [0.25, 0.3) is 0 Å². The zero-order valence-electron chi connectivity index (χ0n) is 15.9. The fourth-order valence-electron chi connectivity index (χ4n) is 2.44. The number of sulfonamides is 1. The van der Waals surface area contributed by atoms with Crippen molar-refractivity contribution in [2.24, 2.45) is 0 Å². The molecule has 0 fully saturated rings. The number of thioether (sulfide) groups is 1. The molecule has 7 nitrogen and oxygen atoms in total. The van der Waals surface area contributed by atoms with E-state index < -0.39 is 10.0 Å². The summed E-state index contributed by atoms with van der Waals surface area (Å²) >= 11 is 2.91. The monoisotopic (exact) mass is 428 g/mol. The first-order chi connectivity index (χ1) is 12.8. The van der Waals surface area contributed by atoms with Crippen LogP contribution in [0.1, 0.15) is 33.4 Å². The first-order valence-electron chi connectivity index (χ1n) is 8.64. The van der Waals surface area contributed by atoms with E-state index >= 15 is 0 Å². The van der Waals surface area contributed by atoms with Crippen molar-refractivity contribution in [2.75, 3.05) is 24.5 Å². The lowest BCUT2D eigenvalue weighted by atomic mass is 10.5. The number of hydrogen-bond acceptors (Lipinski definition) is 7. The molecule has 0 saturated heterocycles. The highest BCUT2D eigenvalue weighted by atomic mass is 32.2. The Labute approximate surface area is 168 Å². The van der Waals surface area contributed by atoms with Crippen molar-refractivity contribution in [2.45, 2.75) is 43.4 Å². The number of hydrogen-bond donors (Lipinski definition) is 0. The number of rotatable bonds is 9. The minimum atomic E-state index is -3.49. The number of nitrogens with zero attached hydrogens (tertiary/aromatic N) is 4. The summed E-state index contributed by atoms with van der Waals surface area (Å²) in [4.78, 5) is 22.2. The summed E-state index contributed by atoms with van der Waals surface area (Å²) in [6.45, 7) is 8.50. The van der Waals surface area contributed by atoms with Gasteiger partial charge in [0.2, 0.25) is 15.9 Å². The molecule has 0 aliphatic rings. The Hall–Kier alpha value is -1.49. The van der Waals surface area contributed by atoms with Gasteiger partial charge in [-0.15, -0.1) is 23.1 Å². The lowest BCUT2D eigenvalue weighted by Gasteiger charge is -2.18. The third-order valence-corrected chi connectivity index (χ3v) is 7.81. The van der Waals surface area contributed by atoms with Crippen LogP contribution < -0.4 is 4.90 Å². The number of carbonyl (C=O) groups excluding carboxylic acids is 1. The Morgan fingerprint density at radius 1 is 1.19 bits per heavy atom. The van der Waals surface area contributed by atoms with Gasteiger partial charge in [0.05, 0.1) is 10.7 Å². The Bertz CT molecular complexity index is 862.